The first-order chi connectivity index (χ1) is 7.70. The van der Waals surface area contributed by atoms with E-state index in [-0.39, 0.29) is 12.8 Å². The second-order valence-corrected chi connectivity index (χ2v) is 9.64. The van der Waals surface area contributed by atoms with Gasteiger partial charge in [-0.15, -0.1) is 0 Å². The molecule has 2 unspecified atom stereocenters. The molecule has 0 spiro atoms. The molecule has 0 aliphatic heterocycles. The Balaban J connectivity index is 2.82. The number of carbonyl (C=O) groups is 2. The van der Waals surface area contributed by atoms with E-state index in [0.29, 0.717) is 5.76 Å². The topological polar surface area (TPSA) is 83.8 Å². The first kappa shape index (κ1) is 13.8. The molecule has 2 atom stereocenters. The first-order valence-electron chi connectivity index (χ1n) is 5.54. The van der Waals surface area contributed by atoms with Gasteiger partial charge in [0.25, 0.3) is 0 Å². The van der Waals surface area contributed by atoms with Gasteiger partial charge in [-0.3, -0.25) is 9.59 Å². The fourth-order valence-corrected chi connectivity index (χ4v) is 2.83. The Morgan fingerprint density at radius 2 is 1.76 bits per heavy atom. The largest absolute Gasteiger partial charge is 0.548 e. The Kier molecular flexibility index (Phi) is 3.97. The van der Waals surface area contributed by atoms with Crippen LogP contribution in [0.15, 0.2) is 11.8 Å². The summed E-state index contributed by atoms with van der Waals surface area (Å²) in [5, 5.41) is 18.0. The molecule has 0 radical (unpaired) electrons. The summed E-state index contributed by atoms with van der Waals surface area (Å²) < 4.78 is 5.73. The van der Waals surface area contributed by atoms with Gasteiger partial charge in [0, 0.05) is 6.42 Å². The molecule has 1 aliphatic carbocycles. The van der Waals surface area contributed by atoms with Crippen LogP contribution in [0.3, 0.4) is 0 Å². The molecule has 0 saturated carbocycles. The third-order valence-corrected chi connectivity index (χ3v) is 3.45. The van der Waals surface area contributed by atoms with Crippen molar-refractivity contribution in [2.75, 3.05) is 0 Å². The molecule has 0 fully saturated rings. The molecule has 1 aliphatic rings. The Bertz CT molecular complexity index is 355. The average Bonchev–Trinajstić information content (AvgIpc) is 2.14. The van der Waals surface area contributed by atoms with Crippen LogP contribution in [0.1, 0.15) is 12.8 Å². The highest BCUT2D eigenvalue weighted by atomic mass is 28.4. The highest BCUT2D eigenvalue weighted by Gasteiger charge is 2.37. The molecule has 1 rings (SSSR count). The van der Waals surface area contributed by atoms with Gasteiger partial charge < -0.3 is 14.6 Å². The average molecular weight is 258 g/mol. The molecule has 0 aromatic heterocycles. The number of carboxylic acids is 2. The minimum atomic E-state index is -1.77. The summed E-state index contributed by atoms with van der Waals surface area (Å²) in [6.07, 6.45) is 2.12. The number of rotatable bonds is 4. The maximum Gasteiger partial charge on any atom is 0.307 e. The zero-order valence-electron chi connectivity index (χ0n) is 10.3. The van der Waals surface area contributed by atoms with Crippen molar-refractivity contribution in [1.82, 2.24) is 0 Å². The van der Waals surface area contributed by atoms with Gasteiger partial charge >= 0.3 is 11.9 Å². The van der Waals surface area contributed by atoms with E-state index in [1.54, 1.807) is 6.08 Å². The number of hydrogen-bond acceptors (Lipinski definition) is 3. The number of hydrogen-bond donors (Lipinski definition) is 2. The van der Waals surface area contributed by atoms with Crippen molar-refractivity contribution in [3.8, 4) is 0 Å². The quantitative estimate of drug-likeness (QED) is 0.753. The standard InChI is InChI=1S/C11H18O5Si/c1-17(2,3)16-7-4-5-8(10(12)13)9(6-7)11(14)15/h4,8-9H,5-6H2,1-3H3,(H,12,13)(H,14,15). The molecular formula is C11H18O5Si. The second kappa shape index (κ2) is 4.91. The van der Waals surface area contributed by atoms with Crippen molar-refractivity contribution in [3.63, 3.8) is 0 Å². The molecule has 96 valence electrons. The summed E-state index contributed by atoms with van der Waals surface area (Å²) in [6, 6.07) is 0. The van der Waals surface area contributed by atoms with E-state index in [1.807, 2.05) is 19.6 Å². The molecule has 6 heteroatoms. The molecule has 0 aromatic carbocycles. The lowest BCUT2D eigenvalue weighted by Gasteiger charge is -2.29. The van der Waals surface area contributed by atoms with E-state index in [2.05, 4.69) is 0 Å². The summed E-state index contributed by atoms with van der Waals surface area (Å²) in [6.45, 7) is 6.02. The van der Waals surface area contributed by atoms with E-state index >= 15 is 0 Å². The lowest BCUT2D eigenvalue weighted by molar-refractivity contribution is -0.154. The van der Waals surface area contributed by atoms with E-state index in [1.165, 1.54) is 0 Å². The summed E-state index contributed by atoms with van der Waals surface area (Å²) in [5.74, 6) is -3.22. The van der Waals surface area contributed by atoms with Crippen molar-refractivity contribution in [2.45, 2.75) is 32.5 Å². The van der Waals surface area contributed by atoms with Crippen molar-refractivity contribution in [3.05, 3.63) is 11.8 Å². The predicted molar refractivity (Wildman–Crippen MR) is 64.0 cm³/mol. The Labute approximate surface area is 101 Å². The summed E-state index contributed by atoms with van der Waals surface area (Å²) in [4.78, 5) is 22.0. The van der Waals surface area contributed by atoms with Crippen LogP contribution in [0.5, 0.6) is 0 Å². The summed E-state index contributed by atoms with van der Waals surface area (Å²) in [7, 11) is -1.77. The molecule has 0 bridgehead atoms. The molecule has 0 aromatic rings. The Morgan fingerprint density at radius 1 is 1.24 bits per heavy atom. The van der Waals surface area contributed by atoms with Crippen molar-refractivity contribution < 1.29 is 24.2 Å². The van der Waals surface area contributed by atoms with E-state index < -0.39 is 32.1 Å². The molecule has 2 N–H and O–H groups in total. The predicted octanol–water partition coefficient (Wildman–Crippen LogP) is 1.92. The summed E-state index contributed by atoms with van der Waals surface area (Å²) in [5.41, 5.74) is 0. The molecule has 0 heterocycles. The highest BCUT2D eigenvalue weighted by Crippen LogP contribution is 2.32. The first-order valence-corrected chi connectivity index (χ1v) is 8.95. The number of carboxylic acid groups (broad SMARTS) is 2. The van der Waals surface area contributed by atoms with Gasteiger partial charge in [0.15, 0.2) is 0 Å². The van der Waals surface area contributed by atoms with Crippen LogP contribution in [0, 0.1) is 11.8 Å². The SMILES string of the molecule is C[Si](C)(C)OC1=CCC(C(=O)O)C(C(=O)O)C1. The second-order valence-electron chi connectivity index (χ2n) is 5.21. The van der Waals surface area contributed by atoms with Gasteiger partial charge in [0.2, 0.25) is 8.32 Å². The third kappa shape index (κ3) is 3.88. The van der Waals surface area contributed by atoms with Gasteiger partial charge in [-0.05, 0) is 32.1 Å². The molecule has 0 amide bonds. The van der Waals surface area contributed by atoms with Crippen LogP contribution in [0.4, 0.5) is 0 Å². The monoisotopic (exact) mass is 258 g/mol. The van der Waals surface area contributed by atoms with Gasteiger partial charge in [0.1, 0.15) is 0 Å². The Hall–Kier alpha value is -1.30. The van der Waals surface area contributed by atoms with Crippen molar-refractivity contribution in [1.29, 1.82) is 0 Å². The number of aliphatic carboxylic acids is 2. The van der Waals surface area contributed by atoms with Crippen molar-refractivity contribution in [2.24, 2.45) is 11.8 Å². The van der Waals surface area contributed by atoms with E-state index in [0.717, 1.165) is 0 Å². The minimum Gasteiger partial charge on any atom is -0.548 e. The Morgan fingerprint density at radius 3 is 2.18 bits per heavy atom. The zero-order valence-corrected chi connectivity index (χ0v) is 11.3. The summed E-state index contributed by atoms with van der Waals surface area (Å²) >= 11 is 0. The third-order valence-electron chi connectivity index (χ3n) is 2.58. The fourth-order valence-electron chi connectivity index (χ4n) is 1.87. The molecule has 0 saturated heterocycles. The number of allylic oxidation sites excluding steroid dienone is 2. The highest BCUT2D eigenvalue weighted by molar-refractivity contribution is 6.70. The van der Waals surface area contributed by atoms with Gasteiger partial charge in [-0.25, -0.2) is 0 Å². The van der Waals surface area contributed by atoms with Crippen LogP contribution in [0.25, 0.3) is 0 Å². The molecule has 5 nitrogen and oxygen atoms in total. The van der Waals surface area contributed by atoms with Crippen LogP contribution >= 0.6 is 0 Å². The van der Waals surface area contributed by atoms with E-state index in [9.17, 15) is 9.59 Å². The van der Waals surface area contributed by atoms with Crippen LogP contribution in [-0.2, 0) is 14.0 Å². The lowest BCUT2D eigenvalue weighted by Crippen LogP contribution is -2.34. The van der Waals surface area contributed by atoms with Crippen LogP contribution in [-0.4, -0.2) is 30.5 Å². The van der Waals surface area contributed by atoms with Crippen molar-refractivity contribution >= 4 is 20.3 Å². The molecular weight excluding hydrogens is 240 g/mol. The smallest absolute Gasteiger partial charge is 0.307 e. The maximum absolute atomic E-state index is 11.0. The minimum absolute atomic E-state index is 0.177. The lowest BCUT2D eigenvalue weighted by atomic mass is 9.82. The van der Waals surface area contributed by atoms with Gasteiger partial charge in [-0.2, -0.15) is 0 Å². The van der Waals surface area contributed by atoms with E-state index in [4.69, 9.17) is 14.6 Å². The zero-order chi connectivity index (χ0) is 13.2. The maximum atomic E-state index is 11.0. The normalized spacial score (nSPS) is 25.0. The fraction of sp³-hybridized carbons (Fsp3) is 0.636. The van der Waals surface area contributed by atoms with Gasteiger partial charge in [0.05, 0.1) is 17.6 Å². The van der Waals surface area contributed by atoms with Gasteiger partial charge in [-0.1, -0.05) is 0 Å². The van der Waals surface area contributed by atoms with Crippen LogP contribution in [0.2, 0.25) is 19.6 Å². The molecule has 17 heavy (non-hydrogen) atoms. The van der Waals surface area contributed by atoms with Crippen LogP contribution < -0.4 is 0 Å².